The van der Waals surface area contributed by atoms with Gasteiger partial charge in [0.2, 0.25) is 0 Å². The summed E-state index contributed by atoms with van der Waals surface area (Å²) in [5, 5.41) is 10.3. The van der Waals surface area contributed by atoms with Crippen molar-refractivity contribution in [3.05, 3.63) is 40.9 Å². The molecule has 0 radical (unpaired) electrons. The van der Waals surface area contributed by atoms with Crippen LogP contribution in [0.4, 0.5) is 0 Å². The molecule has 0 aliphatic carbocycles. The number of hydrogen-bond donors (Lipinski definition) is 1. The maximum absolute atomic E-state index is 12.2. The van der Waals surface area contributed by atoms with Crippen molar-refractivity contribution in [3.8, 4) is 0 Å². The van der Waals surface area contributed by atoms with E-state index in [2.05, 4.69) is 4.98 Å². The molecule has 0 amide bonds. The van der Waals surface area contributed by atoms with Crippen molar-refractivity contribution in [2.45, 2.75) is 26.0 Å². The quantitative estimate of drug-likeness (QED) is 0.813. The van der Waals surface area contributed by atoms with E-state index < -0.39 is 12.1 Å². The molecule has 0 fully saturated rings. The molecule has 1 atom stereocenters. The van der Waals surface area contributed by atoms with E-state index in [1.54, 1.807) is 31.2 Å². The van der Waals surface area contributed by atoms with Crippen molar-refractivity contribution >= 4 is 16.9 Å². The highest BCUT2D eigenvalue weighted by Gasteiger charge is 2.13. The third-order valence-corrected chi connectivity index (χ3v) is 2.85. The Morgan fingerprint density at radius 1 is 1.45 bits per heavy atom. The molecule has 0 aliphatic rings. The van der Waals surface area contributed by atoms with Crippen molar-refractivity contribution in [1.82, 2.24) is 9.55 Å². The minimum absolute atomic E-state index is 0.00941. The molecule has 6 nitrogen and oxygen atoms in total. The molecule has 0 aliphatic heterocycles. The average Bonchev–Trinajstić information content (AvgIpc) is 2.42. The molecule has 0 saturated carbocycles. The molecule has 6 heteroatoms. The number of fused-ring (bicyclic) bond motifs is 1. The number of nitrogens with zero attached hydrogens (tertiary/aromatic N) is 2. The molecule has 1 N–H and O–H groups in total. The molecule has 1 heterocycles. The first-order valence-electron chi connectivity index (χ1n) is 6.39. The number of para-hydroxylation sites is 1. The summed E-state index contributed by atoms with van der Waals surface area (Å²) in [6, 6.07) is 6.98. The van der Waals surface area contributed by atoms with Crippen LogP contribution in [-0.2, 0) is 16.1 Å². The Labute approximate surface area is 115 Å². The van der Waals surface area contributed by atoms with E-state index in [9.17, 15) is 14.7 Å². The lowest BCUT2D eigenvalue weighted by molar-refractivity contribution is -0.145. The van der Waals surface area contributed by atoms with Crippen LogP contribution >= 0.6 is 0 Å². The van der Waals surface area contributed by atoms with Crippen molar-refractivity contribution < 1.29 is 14.6 Å². The number of aliphatic hydroxyl groups is 1. The number of ether oxygens (including phenoxy) is 1. The van der Waals surface area contributed by atoms with E-state index in [4.69, 9.17) is 4.74 Å². The van der Waals surface area contributed by atoms with Gasteiger partial charge in [-0.05, 0) is 19.1 Å². The fourth-order valence-corrected chi connectivity index (χ4v) is 1.94. The molecular weight excluding hydrogens is 260 g/mol. The first-order valence-corrected chi connectivity index (χ1v) is 6.39. The highest BCUT2D eigenvalue weighted by Crippen LogP contribution is 2.05. The smallest absolute Gasteiger partial charge is 0.308 e. The van der Waals surface area contributed by atoms with Crippen LogP contribution in [0.2, 0.25) is 0 Å². The lowest BCUT2D eigenvalue weighted by Gasteiger charge is -2.12. The van der Waals surface area contributed by atoms with Gasteiger partial charge in [-0.3, -0.25) is 14.2 Å². The number of aliphatic hydroxyl groups excluding tert-OH is 1. The fraction of sp³-hybridized carbons (Fsp3) is 0.357. The number of benzene rings is 1. The molecule has 0 bridgehead atoms. The van der Waals surface area contributed by atoms with Gasteiger partial charge in [-0.25, -0.2) is 4.98 Å². The SMILES string of the molecule is CCOC(=O)CC(O)Cn1cnc2ccccc2c1=O. The Morgan fingerprint density at radius 3 is 2.95 bits per heavy atom. The average molecular weight is 276 g/mol. The number of esters is 1. The molecule has 1 aromatic heterocycles. The van der Waals surface area contributed by atoms with Gasteiger partial charge in [0.1, 0.15) is 0 Å². The summed E-state index contributed by atoms with van der Waals surface area (Å²) in [5.74, 6) is -0.484. The fourth-order valence-electron chi connectivity index (χ4n) is 1.94. The van der Waals surface area contributed by atoms with Crippen LogP contribution in [0.25, 0.3) is 10.9 Å². The minimum Gasteiger partial charge on any atom is -0.466 e. The third-order valence-electron chi connectivity index (χ3n) is 2.85. The summed E-state index contributed by atoms with van der Waals surface area (Å²) in [6.07, 6.45) is 0.251. The van der Waals surface area contributed by atoms with Crippen LogP contribution in [0.15, 0.2) is 35.4 Å². The van der Waals surface area contributed by atoms with Crippen molar-refractivity contribution in [2.24, 2.45) is 0 Å². The Balaban J connectivity index is 2.16. The van der Waals surface area contributed by atoms with Crippen LogP contribution in [0.5, 0.6) is 0 Å². The van der Waals surface area contributed by atoms with Crippen LogP contribution < -0.4 is 5.56 Å². The van der Waals surface area contributed by atoms with E-state index in [1.165, 1.54) is 10.9 Å². The summed E-state index contributed by atoms with van der Waals surface area (Å²) < 4.78 is 6.05. The summed E-state index contributed by atoms with van der Waals surface area (Å²) in [6.45, 7) is 1.97. The van der Waals surface area contributed by atoms with Gasteiger partial charge in [0.05, 0.1) is 42.9 Å². The molecule has 106 valence electrons. The first kappa shape index (κ1) is 14.2. The summed E-state index contributed by atoms with van der Waals surface area (Å²) in [5.41, 5.74) is 0.368. The predicted octanol–water partition coefficient (Wildman–Crippen LogP) is 0.711. The van der Waals surface area contributed by atoms with E-state index in [0.29, 0.717) is 10.9 Å². The summed E-state index contributed by atoms with van der Waals surface area (Å²) >= 11 is 0. The molecule has 2 rings (SSSR count). The van der Waals surface area contributed by atoms with Gasteiger partial charge in [0.25, 0.3) is 5.56 Å². The highest BCUT2D eigenvalue weighted by molar-refractivity contribution is 5.76. The first-order chi connectivity index (χ1) is 9.61. The number of aromatic nitrogens is 2. The maximum Gasteiger partial charge on any atom is 0.308 e. The van der Waals surface area contributed by atoms with Gasteiger partial charge < -0.3 is 9.84 Å². The number of rotatable bonds is 5. The van der Waals surface area contributed by atoms with Gasteiger partial charge in [0.15, 0.2) is 0 Å². The lowest BCUT2D eigenvalue weighted by atomic mass is 10.2. The number of hydrogen-bond acceptors (Lipinski definition) is 5. The molecule has 0 spiro atoms. The zero-order valence-electron chi connectivity index (χ0n) is 11.2. The molecule has 1 aromatic carbocycles. The Kier molecular flexibility index (Phi) is 4.47. The van der Waals surface area contributed by atoms with Crippen LogP contribution in [0.3, 0.4) is 0 Å². The zero-order valence-corrected chi connectivity index (χ0v) is 11.2. The number of carbonyl (C=O) groups excluding carboxylic acids is 1. The minimum atomic E-state index is -0.977. The van der Waals surface area contributed by atoms with Gasteiger partial charge in [-0.15, -0.1) is 0 Å². The lowest BCUT2D eigenvalue weighted by Crippen LogP contribution is -2.28. The summed E-state index contributed by atoms with van der Waals surface area (Å²) in [4.78, 5) is 27.6. The monoisotopic (exact) mass is 276 g/mol. The Hall–Kier alpha value is -2.21. The van der Waals surface area contributed by atoms with Crippen molar-refractivity contribution in [2.75, 3.05) is 6.61 Å². The number of carbonyl (C=O) groups is 1. The maximum atomic E-state index is 12.2. The van der Waals surface area contributed by atoms with Gasteiger partial charge in [0, 0.05) is 0 Å². The second-order valence-corrected chi connectivity index (χ2v) is 4.38. The van der Waals surface area contributed by atoms with Crippen molar-refractivity contribution in [1.29, 1.82) is 0 Å². The van der Waals surface area contributed by atoms with Crippen molar-refractivity contribution in [3.63, 3.8) is 0 Å². The van der Waals surface area contributed by atoms with E-state index in [1.807, 2.05) is 0 Å². The summed E-state index contributed by atoms with van der Waals surface area (Å²) in [7, 11) is 0. The standard InChI is InChI=1S/C14H16N2O4/c1-2-20-13(18)7-10(17)8-16-9-15-12-6-4-3-5-11(12)14(16)19/h3-6,9-10,17H,2,7-8H2,1H3. The second-order valence-electron chi connectivity index (χ2n) is 4.38. The zero-order chi connectivity index (χ0) is 14.5. The molecule has 2 aromatic rings. The van der Waals surface area contributed by atoms with Gasteiger partial charge >= 0.3 is 5.97 Å². The third kappa shape index (κ3) is 3.21. The molecular formula is C14H16N2O4. The van der Waals surface area contributed by atoms with Gasteiger partial charge in [-0.1, -0.05) is 12.1 Å². The van der Waals surface area contributed by atoms with Crippen LogP contribution in [0.1, 0.15) is 13.3 Å². The van der Waals surface area contributed by atoms with Gasteiger partial charge in [-0.2, -0.15) is 0 Å². The van der Waals surface area contributed by atoms with E-state index in [0.717, 1.165) is 0 Å². The second kappa shape index (κ2) is 6.29. The highest BCUT2D eigenvalue weighted by atomic mass is 16.5. The molecule has 1 unspecified atom stereocenters. The van der Waals surface area contributed by atoms with Crippen LogP contribution in [0, 0.1) is 0 Å². The van der Waals surface area contributed by atoms with E-state index in [-0.39, 0.29) is 25.1 Å². The predicted molar refractivity (Wildman–Crippen MR) is 73.3 cm³/mol. The normalized spacial score (nSPS) is 12.3. The van der Waals surface area contributed by atoms with Crippen LogP contribution in [-0.4, -0.2) is 33.3 Å². The molecule has 20 heavy (non-hydrogen) atoms. The Morgan fingerprint density at radius 2 is 2.20 bits per heavy atom. The molecule has 0 saturated heterocycles. The topological polar surface area (TPSA) is 81.4 Å². The Bertz CT molecular complexity index is 666. The largest absolute Gasteiger partial charge is 0.466 e. The van der Waals surface area contributed by atoms with E-state index >= 15 is 0 Å².